The summed E-state index contributed by atoms with van der Waals surface area (Å²) < 4.78 is 20.3. The molecular weight excluding hydrogens is 415 g/mol. The average Bonchev–Trinajstić information content (AvgIpc) is 3.05. The van der Waals surface area contributed by atoms with Crippen LogP contribution in [0.25, 0.3) is 10.9 Å². The Morgan fingerprint density at radius 1 is 1.31 bits per heavy atom. The van der Waals surface area contributed by atoms with Gasteiger partial charge in [0.05, 0.1) is 31.1 Å². The highest BCUT2D eigenvalue weighted by Gasteiger charge is 2.49. The van der Waals surface area contributed by atoms with Gasteiger partial charge in [-0.1, -0.05) is 0 Å². The highest BCUT2D eigenvalue weighted by atomic mass is 19.1. The number of aromatic nitrogens is 3. The minimum absolute atomic E-state index is 0.0892. The van der Waals surface area contributed by atoms with Gasteiger partial charge in [-0.25, -0.2) is 9.18 Å². The van der Waals surface area contributed by atoms with Gasteiger partial charge in [0, 0.05) is 11.9 Å². The average molecular weight is 438 g/mol. The molecule has 0 saturated carbocycles. The van der Waals surface area contributed by atoms with Gasteiger partial charge in [0.15, 0.2) is 5.82 Å². The first-order valence-corrected chi connectivity index (χ1v) is 10.1. The maximum Gasteiger partial charge on any atom is 0.410 e. The number of hydrogen-bond acceptors (Lipinski definition) is 6. The molecule has 1 aliphatic heterocycles. The maximum atomic E-state index is 13.3. The van der Waals surface area contributed by atoms with Gasteiger partial charge in [0.25, 0.3) is 5.56 Å². The molecule has 0 bridgehead atoms. The van der Waals surface area contributed by atoms with Gasteiger partial charge in [-0.05, 0) is 51.1 Å². The molecule has 3 heterocycles. The van der Waals surface area contributed by atoms with Crippen molar-refractivity contribution in [3.8, 4) is 6.07 Å². The van der Waals surface area contributed by atoms with Crippen LogP contribution in [0.3, 0.4) is 0 Å². The van der Waals surface area contributed by atoms with Crippen molar-refractivity contribution in [2.75, 3.05) is 18.4 Å². The summed E-state index contributed by atoms with van der Waals surface area (Å²) in [6.45, 7) is 5.79. The van der Waals surface area contributed by atoms with E-state index in [2.05, 4.69) is 21.5 Å². The Hall–Kier alpha value is -3.87. The number of anilines is 2. The summed E-state index contributed by atoms with van der Waals surface area (Å²) in [5.74, 6) is -0.102. The maximum absolute atomic E-state index is 13.3. The number of halogens is 1. The first-order valence-electron chi connectivity index (χ1n) is 10.1. The van der Waals surface area contributed by atoms with E-state index in [0.29, 0.717) is 16.6 Å². The van der Waals surface area contributed by atoms with Crippen molar-refractivity contribution >= 4 is 28.5 Å². The molecule has 2 aromatic heterocycles. The summed E-state index contributed by atoms with van der Waals surface area (Å²) in [6, 6.07) is 9.55. The molecule has 0 radical (unpaired) electrons. The number of H-pyrrole nitrogens is 1. The molecule has 2 N–H and O–H groups in total. The fourth-order valence-corrected chi connectivity index (χ4v) is 3.78. The van der Waals surface area contributed by atoms with E-state index in [9.17, 15) is 19.2 Å². The highest BCUT2D eigenvalue weighted by molar-refractivity contribution is 5.91. The zero-order chi connectivity index (χ0) is 23.1. The van der Waals surface area contributed by atoms with Gasteiger partial charge in [-0.3, -0.25) is 9.48 Å². The van der Waals surface area contributed by atoms with Crippen molar-refractivity contribution in [2.24, 2.45) is 0 Å². The lowest BCUT2D eigenvalue weighted by Gasteiger charge is -2.48. The van der Waals surface area contributed by atoms with E-state index in [4.69, 9.17) is 4.74 Å². The summed E-state index contributed by atoms with van der Waals surface area (Å²) in [6.07, 6.45) is 1.13. The molecule has 4 rings (SSSR count). The predicted octanol–water partition coefficient (Wildman–Crippen LogP) is 3.47. The zero-order valence-electron chi connectivity index (χ0n) is 18.0. The topological polar surface area (TPSA) is 116 Å². The van der Waals surface area contributed by atoms with Gasteiger partial charge in [-0.15, -0.1) is 0 Å². The quantitative estimate of drug-likeness (QED) is 0.644. The van der Waals surface area contributed by atoms with Crippen LogP contribution in [0.1, 0.15) is 27.2 Å². The molecule has 0 atom stereocenters. The minimum Gasteiger partial charge on any atom is -0.444 e. The first kappa shape index (κ1) is 21.4. The van der Waals surface area contributed by atoms with Crippen LogP contribution in [0, 0.1) is 17.1 Å². The summed E-state index contributed by atoms with van der Waals surface area (Å²) in [5, 5.41) is 17.5. The first-order chi connectivity index (χ1) is 15.1. The van der Waals surface area contributed by atoms with Crippen molar-refractivity contribution in [3.05, 3.63) is 52.7 Å². The predicted molar refractivity (Wildman–Crippen MR) is 116 cm³/mol. The molecule has 1 saturated heterocycles. The number of rotatable bonds is 4. The van der Waals surface area contributed by atoms with Crippen molar-refractivity contribution in [3.63, 3.8) is 0 Å². The van der Waals surface area contributed by atoms with Crippen LogP contribution >= 0.6 is 0 Å². The lowest BCUT2D eigenvalue weighted by molar-refractivity contribution is -0.0298. The van der Waals surface area contributed by atoms with E-state index >= 15 is 0 Å². The van der Waals surface area contributed by atoms with Gasteiger partial charge in [0.2, 0.25) is 0 Å². The monoisotopic (exact) mass is 438 g/mol. The van der Waals surface area contributed by atoms with E-state index < -0.39 is 17.2 Å². The fourth-order valence-electron chi connectivity index (χ4n) is 3.78. The summed E-state index contributed by atoms with van der Waals surface area (Å²) >= 11 is 0. The molecule has 1 aliphatic rings. The third-order valence-corrected chi connectivity index (χ3v) is 5.19. The number of nitrogens with zero attached hydrogens (tertiary/aromatic N) is 4. The number of carbonyl (C=O) groups excluding carboxylic acids is 1. The second-order valence-electron chi connectivity index (χ2n) is 8.85. The molecule has 166 valence electrons. The van der Waals surface area contributed by atoms with Crippen molar-refractivity contribution < 1.29 is 13.9 Å². The number of likely N-dealkylation sites (tertiary alicyclic amines) is 1. The smallest absolute Gasteiger partial charge is 0.410 e. The van der Waals surface area contributed by atoms with Crippen LogP contribution in [0.2, 0.25) is 0 Å². The number of hydrogen-bond donors (Lipinski definition) is 2. The molecule has 0 unspecified atom stereocenters. The van der Waals surface area contributed by atoms with Crippen molar-refractivity contribution in [1.82, 2.24) is 19.7 Å². The molecular formula is C22H23FN6O3. The minimum atomic E-state index is -0.805. The van der Waals surface area contributed by atoms with Crippen LogP contribution in [-0.2, 0) is 10.3 Å². The number of ether oxygens (including phenoxy) is 1. The van der Waals surface area contributed by atoms with E-state index in [-0.39, 0.29) is 36.7 Å². The van der Waals surface area contributed by atoms with Crippen LogP contribution in [-0.4, -0.2) is 44.4 Å². The van der Waals surface area contributed by atoms with Crippen molar-refractivity contribution in [1.29, 1.82) is 5.26 Å². The molecule has 0 spiro atoms. The van der Waals surface area contributed by atoms with Crippen LogP contribution in [0.15, 0.2) is 41.3 Å². The normalized spacial score (nSPS) is 15.2. The zero-order valence-corrected chi connectivity index (χ0v) is 18.0. The molecule has 32 heavy (non-hydrogen) atoms. The number of carbonyl (C=O) groups is 1. The molecule has 1 amide bonds. The van der Waals surface area contributed by atoms with Crippen LogP contribution in [0.5, 0.6) is 0 Å². The molecule has 3 aromatic rings. The number of fused-ring (bicyclic) bond motifs is 1. The van der Waals surface area contributed by atoms with Crippen LogP contribution in [0.4, 0.5) is 20.7 Å². The lowest BCUT2D eigenvalue weighted by atomic mass is 9.87. The number of nitriles is 1. The number of amides is 1. The third-order valence-electron chi connectivity index (χ3n) is 5.19. The summed E-state index contributed by atoms with van der Waals surface area (Å²) in [7, 11) is 0. The van der Waals surface area contributed by atoms with Gasteiger partial charge >= 0.3 is 6.09 Å². The molecule has 10 heteroatoms. The van der Waals surface area contributed by atoms with E-state index in [1.165, 1.54) is 35.4 Å². The van der Waals surface area contributed by atoms with E-state index in [1.807, 2.05) is 0 Å². The fraction of sp³-hybridized carbons (Fsp3) is 0.364. The standard InChI is InChI=1S/C22H23FN6O3/c1-21(2,3)32-20(31)28-12-22(13-28,9-10-24)29-16-8-11-25-19(30)17(16)18(27-29)26-15-6-4-14(23)5-7-15/h4-8,11H,9,12-13H2,1-3H3,(H,25,30)(H,26,27). The second-order valence-corrected chi connectivity index (χ2v) is 8.85. The van der Waals surface area contributed by atoms with E-state index in [0.717, 1.165) is 0 Å². The third kappa shape index (κ3) is 3.89. The molecule has 9 nitrogen and oxygen atoms in total. The number of pyridine rings is 1. The van der Waals surface area contributed by atoms with Gasteiger partial charge in [0.1, 0.15) is 22.3 Å². The Morgan fingerprint density at radius 3 is 2.62 bits per heavy atom. The van der Waals surface area contributed by atoms with Crippen LogP contribution < -0.4 is 10.9 Å². The lowest BCUT2D eigenvalue weighted by Crippen LogP contribution is -2.64. The van der Waals surface area contributed by atoms with Crippen molar-refractivity contribution in [2.45, 2.75) is 38.3 Å². The summed E-state index contributed by atoms with van der Waals surface area (Å²) in [5.41, 5.74) is -0.714. The number of benzene rings is 1. The van der Waals surface area contributed by atoms with Gasteiger partial charge < -0.3 is 19.9 Å². The molecule has 1 fully saturated rings. The largest absolute Gasteiger partial charge is 0.444 e. The molecule has 1 aromatic carbocycles. The van der Waals surface area contributed by atoms with Gasteiger partial charge in [-0.2, -0.15) is 10.4 Å². The second kappa shape index (κ2) is 7.67. The number of nitrogens with one attached hydrogen (secondary N) is 2. The number of aromatic amines is 1. The Morgan fingerprint density at radius 2 is 2.00 bits per heavy atom. The SMILES string of the molecule is CC(C)(C)OC(=O)N1CC(CC#N)(n2nc(Nc3ccc(F)cc3)c3c(=O)[nH]ccc32)C1. The highest BCUT2D eigenvalue weighted by Crippen LogP contribution is 2.37. The summed E-state index contributed by atoms with van der Waals surface area (Å²) in [4.78, 5) is 29.2. The Labute approximate surface area is 183 Å². The molecule has 0 aliphatic carbocycles. The Kier molecular flexibility index (Phi) is 5.12. The Balaban J connectivity index is 1.72. The Bertz CT molecular complexity index is 1260. The van der Waals surface area contributed by atoms with E-state index in [1.54, 1.807) is 31.5 Å².